The summed E-state index contributed by atoms with van der Waals surface area (Å²) in [6, 6.07) is 12.2. The molecule has 0 aliphatic carbocycles. The zero-order valence-electron chi connectivity index (χ0n) is 14.0. The van der Waals surface area contributed by atoms with Gasteiger partial charge in [0.2, 0.25) is 11.8 Å². The van der Waals surface area contributed by atoms with Gasteiger partial charge in [-0.1, -0.05) is 39.7 Å². The highest BCUT2D eigenvalue weighted by Crippen LogP contribution is 2.22. The minimum atomic E-state index is -0.543. The van der Waals surface area contributed by atoms with Crippen molar-refractivity contribution in [3.05, 3.63) is 57.5 Å². The van der Waals surface area contributed by atoms with Crippen LogP contribution in [0.2, 0.25) is 5.02 Å². The van der Waals surface area contributed by atoms with Gasteiger partial charge in [-0.25, -0.2) is 5.43 Å². The smallest absolute Gasteiger partial charge is 0.249 e. The molecule has 8 heteroatoms. The molecular formula is C18H17BrClN3O3. The Labute approximate surface area is 164 Å². The second-order valence-corrected chi connectivity index (χ2v) is 6.44. The van der Waals surface area contributed by atoms with Crippen molar-refractivity contribution >= 4 is 51.2 Å². The standard InChI is InChI=1S/C18H17BrClN3O3/c1-2-26-16-8-7-13(19)9-12(16)11-21-23-18(25)10-17(24)22-15-6-4-3-5-14(15)20/h3-9,11H,2,10H2,1H3,(H,22,24)(H,23,25). The van der Waals surface area contributed by atoms with Gasteiger partial charge in [-0.2, -0.15) is 5.10 Å². The number of anilines is 1. The van der Waals surface area contributed by atoms with E-state index in [1.54, 1.807) is 30.3 Å². The lowest BCUT2D eigenvalue weighted by molar-refractivity contribution is -0.126. The third-order valence-corrected chi connectivity index (χ3v) is 3.96. The van der Waals surface area contributed by atoms with Crippen LogP contribution >= 0.6 is 27.5 Å². The van der Waals surface area contributed by atoms with Gasteiger partial charge in [-0.05, 0) is 37.3 Å². The van der Waals surface area contributed by atoms with Gasteiger partial charge >= 0.3 is 0 Å². The first-order valence-electron chi connectivity index (χ1n) is 7.78. The lowest BCUT2D eigenvalue weighted by Gasteiger charge is -2.07. The van der Waals surface area contributed by atoms with E-state index in [4.69, 9.17) is 16.3 Å². The number of hydrazone groups is 1. The van der Waals surface area contributed by atoms with Crippen LogP contribution in [0.15, 0.2) is 52.0 Å². The lowest BCUT2D eigenvalue weighted by Crippen LogP contribution is -2.24. The topological polar surface area (TPSA) is 79.8 Å². The number of carbonyl (C=O) groups is 2. The van der Waals surface area contributed by atoms with Crippen LogP contribution < -0.4 is 15.5 Å². The Morgan fingerprint density at radius 1 is 1.23 bits per heavy atom. The fourth-order valence-electron chi connectivity index (χ4n) is 2.02. The molecule has 0 spiro atoms. The van der Waals surface area contributed by atoms with Gasteiger partial charge in [0, 0.05) is 10.0 Å². The first-order valence-corrected chi connectivity index (χ1v) is 8.95. The Morgan fingerprint density at radius 2 is 2.00 bits per heavy atom. The van der Waals surface area contributed by atoms with Crippen molar-refractivity contribution in [2.45, 2.75) is 13.3 Å². The maximum absolute atomic E-state index is 11.9. The summed E-state index contributed by atoms with van der Waals surface area (Å²) in [4.78, 5) is 23.7. The zero-order valence-corrected chi connectivity index (χ0v) is 16.3. The molecule has 0 saturated heterocycles. The highest BCUT2D eigenvalue weighted by molar-refractivity contribution is 9.10. The first-order chi connectivity index (χ1) is 12.5. The second kappa shape index (κ2) is 9.94. The van der Waals surface area contributed by atoms with Crippen LogP contribution in [0.1, 0.15) is 18.9 Å². The number of hydrogen-bond acceptors (Lipinski definition) is 4. The van der Waals surface area contributed by atoms with Gasteiger partial charge < -0.3 is 10.1 Å². The molecule has 0 bridgehead atoms. The largest absolute Gasteiger partial charge is 0.493 e. The molecule has 6 nitrogen and oxygen atoms in total. The number of carbonyl (C=O) groups excluding carboxylic acids is 2. The summed E-state index contributed by atoms with van der Waals surface area (Å²) in [6.07, 6.45) is 1.08. The van der Waals surface area contributed by atoms with Crippen LogP contribution in [0.3, 0.4) is 0 Å². The molecule has 0 fully saturated rings. The summed E-state index contributed by atoms with van der Waals surface area (Å²) in [5.74, 6) is -0.382. The quantitative estimate of drug-likeness (QED) is 0.390. The van der Waals surface area contributed by atoms with Gasteiger partial charge in [-0.3, -0.25) is 9.59 Å². The molecule has 2 amide bonds. The van der Waals surface area contributed by atoms with Crippen molar-refractivity contribution in [3.63, 3.8) is 0 Å². The van der Waals surface area contributed by atoms with Gasteiger partial charge in [0.1, 0.15) is 12.2 Å². The normalized spacial score (nSPS) is 10.6. The summed E-state index contributed by atoms with van der Waals surface area (Å²) in [5.41, 5.74) is 3.46. The molecule has 0 aliphatic heterocycles. The number of benzene rings is 2. The van der Waals surface area contributed by atoms with E-state index in [2.05, 4.69) is 31.8 Å². The minimum Gasteiger partial charge on any atom is -0.493 e. The first kappa shape index (κ1) is 19.9. The summed E-state index contributed by atoms with van der Waals surface area (Å²) in [5, 5.41) is 6.84. The molecule has 26 heavy (non-hydrogen) atoms. The molecule has 2 aromatic carbocycles. The summed E-state index contributed by atoms with van der Waals surface area (Å²) in [6.45, 7) is 2.39. The Kier molecular flexibility index (Phi) is 7.62. The Balaban J connectivity index is 1.90. The van der Waals surface area contributed by atoms with Crippen molar-refractivity contribution in [1.82, 2.24) is 5.43 Å². The van der Waals surface area contributed by atoms with E-state index in [9.17, 15) is 9.59 Å². The van der Waals surface area contributed by atoms with Gasteiger partial charge in [-0.15, -0.1) is 0 Å². The zero-order chi connectivity index (χ0) is 18.9. The highest BCUT2D eigenvalue weighted by Gasteiger charge is 2.10. The molecule has 0 saturated carbocycles. The molecule has 2 rings (SSSR count). The minimum absolute atomic E-state index is 0.376. The Bertz CT molecular complexity index is 827. The van der Waals surface area contributed by atoms with E-state index in [0.29, 0.717) is 28.6 Å². The number of para-hydroxylation sites is 1. The van der Waals surface area contributed by atoms with Crippen LogP contribution in [-0.2, 0) is 9.59 Å². The molecule has 0 radical (unpaired) electrons. The Hall–Kier alpha value is -2.38. The maximum Gasteiger partial charge on any atom is 0.249 e. The van der Waals surface area contributed by atoms with Crippen molar-refractivity contribution < 1.29 is 14.3 Å². The molecule has 0 unspecified atom stereocenters. The second-order valence-electron chi connectivity index (χ2n) is 5.11. The van der Waals surface area contributed by atoms with Crippen LogP contribution in [0, 0.1) is 0 Å². The number of hydrogen-bond donors (Lipinski definition) is 2. The van der Waals surface area contributed by atoms with E-state index < -0.39 is 11.8 Å². The van der Waals surface area contributed by atoms with E-state index in [0.717, 1.165) is 4.47 Å². The van der Waals surface area contributed by atoms with Crippen LogP contribution in [0.4, 0.5) is 5.69 Å². The molecule has 136 valence electrons. The molecule has 0 heterocycles. The average molecular weight is 439 g/mol. The highest BCUT2D eigenvalue weighted by atomic mass is 79.9. The van der Waals surface area contributed by atoms with Crippen LogP contribution in [0.25, 0.3) is 0 Å². The van der Waals surface area contributed by atoms with E-state index in [1.807, 2.05) is 19.1 Å². The van der Waals surface area contributed by atoms with E-state index in [-0.39, 0.29) is 6.42 Å². The predicted octanol–water partition coefficient (Wildman–Crippen LogP) is 3.98. The van der Waals surface area contributed by atoms with Crippen LogP contribution in [0.5, 0.6) is 5.75 Å². The van der Waals surface area contributed by atoms with Crippen LogP contribution in [-0.4, -0.2) is 24.6 Å². The van der Waals surface area contributed by atoms with Crippen molar-refractivity contribution in [2.24, 2.45) is 5.10 Å². The van der Waals surface area contributed by atoms with E-state index >= 15 is 0 Å². The molecule has 2 aromatic rings. The van der Waals surface area contributed by atoms with Crippen molar-refractivity contribution in [1.29, 1.82) is 0 Å². The maximum atomic E-state index is 11.9. The molecule has 0 atom stereocenters. The van der Waals surface area contributed by atoms with Gasteiger partial charge in [0.15, 0.2) is 0 Å². The van der Waals surface area contributed by atoms with Gasteiger partial charge in [0.25, 0.3) is 0 Å². The number of nitrogens with zero attached hydrogens (tertiary/aromatic N) is 1. The number of nitrogens with one attached hydrogen (secondary N) is 2. The SMILES string of the molecule is CCOc1ccc(Br)cc1C=NNC(=O)CC(=O)Nc1ccccc1Cl. The fraction of sp³-hybridized carbons (Fsp3) is 0.167. The summed E-state index contributed by atoms with van der Waals surface area (Å²) < 4.78 is 6.34. The van der Waals surface area contributed by atoms with Crippen molar-refractivity contribution in [2.75, 3.05) is 11.9 Å². The number of amides is 2. The number of ether oxygens (including phenoxy) is 1. The van der Waals surface area contributed by atoms with E-state index in [1.165, 1.54) is 6.21 Å². The lowest BCUT2D eigenvalue weighted by atomic mass is 10.2. The monoisotopic (exact) mass is 437 g/mol. The molecule has 0 aromatic heterocycles. The number of rotatable bonds is 7. The predicted molar refractivity (Wildman–Crippen MR) is 106 cm³/mol. The average Bonchev–Trinajstić information content (AvgIpc) is 2.59. The third-order valence-electron chi connectivity index (χ3n) is 3.13. The van der Waals surface area contributed by atoms with Crippen molar-refractivity contribution in [3.8, 4) is 5.75 Å². The Morgan fingerprint density at radius 3 is 2.73 bits per heavy atom. The molecule has 2 N–H and O–H groups in total. The fourth-order valence-corrected chi connectivity index (χ4v) is 2.59. The summed E-state index contributed by atoms with van der Waals surface area (Å²) >= 11 is 9.33. The third kappa shape index (κ3) is 6.16. The van der Waals surface area contributed by atoms with Gasteiger partial charge in [0.05, 0.1) is 23.5 Å². The molecule has 0 aliphatic rings. The summed E-state index contributed by atoms with van der Waals surface area (Å²) in [7, 11) is 0. The number of halogens is 2. The molecular weight excluding hydrogens is 422 g/mol.